The van der Waals surface area contributed by atoms with E-state index < -0.39 is 0 Å². The molecular formula is C23H26N2O. The lowest BCUT2D eigenvalue weighted by Crippen LogP contribution is -2.32. The summed E-state index contributed by atoms with van der Waals surface area (Å²) in [5, 5.41) is 3.74. The third-order valence-electron chi connectivity index (χ3n) is 4.66. The molecule has 3 rings (SSSR count). The van der Waals surface area contributed by atoms with Crippen LogP contribution in [-0.2, 0) is 12.0 Å². The number of pyridine rings is 1. The van der Waals surface area contributed by atoms with Crippen molar-refractivity contribution in [1.82, 2.24) is 4.98 Å². The number of nitrogens with zero attached hydrogens (tertiary/aromatic N) is 1. The van der Waals surface area contributed by atoms with E-state index in [4.69, 9.17) is 4.74 Å². The van der Waals surface area contributed by atoms with E-state index in [2.05, 4.69) is 71.8 Å². The van der Waals surface area contributed by atoms with Gasteiger partial charge >= 0.3 is 0 Å². The second-order valence-electron chi connectivity index (χ2n) is 6.64. The van der Waals surface area contributed by atoms with Gasteiger partial charge in [-0.25, -0.2) is 0 Å². The van der Waals surface area contributed by atoms with Gasteiger partial charge in [-0.3, -0.25) is 4.98 Å². The van der Waals surface area contributed by atoms with Crippen LogP contribution in [0.3, 0.4) is 0 Å². The van der Waals surface area contributed by atoms with Gasteiger partial charge in [0.25, 0.3) is 0 Å². The number of rotatable bonds is 8. The molecule has 0 fully saturated rings. The summed E-state index contributed by atoms with van der Waals surface area (Å²) in [5.74, 6) is 0.899. The summed E-state index contributed by atoms with van der Waals surface area (Å²) in [6.45, 7) is 4.94. The van der Waals surface area contributed by atoms with Gasteiger partial charge in [-0.2, -0.15) is 0 Å². The molecule has 0 aliphatic carbocycles. The minimum atomic E-state index is -0.169. The summed E-state index contributed by atoms with van der Waals surface area (Å²) in [5.41, 5.74) is 3.51. The number of aromatic nitrogens is 1. The minimum absolute atomic E-state index is 0.169. The number of hydrogen-bond acceptors (Lipinski definition) is 3. The van der Waals surface area contributed by atoms with Crippen LogP contribution in [0.1, 0.15) is 31.4 Å². The Morgan fingerprint density at radius 1 is 0.923 bits per heavy atom. The summed E-state index contributed by atoms with van der Waals surface area (Å²) < 4.78 is 5.55. The van der Waals surface area contributed by atoms with Crippen LogP contribution in [0, 0.1) is 0 Å². The molecule has 1 heterocycles. The van der Waals surface area contributed by atoms with Crippen LogP contribution in [0.2, 0.25) is 0 Å². The number of nitrogens with one attached hydrogen (secondary N) is 1. The predicted octanol–water partition coefficient (Wildman–Crippen LogP) is 5.44. The van der Waals surface area contributed by atoms with Gasteiger partial charge in [0.15, 0.2) is 0 Å². The Morgan fingerprint density at radius 2 is 1.62 bits per heavy atom. The molecule has 3 heteroatoms. The minimum Gasteiger partial charge on any atom is -0.494 e. The molecule has 1 N–H and O–H groups in total. The Morgan fingerprint density at radius 3 is 2.27 bits per heavy atom. The van der Waals surface area contributed by atoms with Crippen LogP contribution in [0.25, 0.3) is 0 Å². The van der Waals surface area contributed by atoms with Crippen molar-refractivity contribution in [3.05, 3.63) is 90.3 Å². The number of ether oxygens (including phenoxy) is 1. The Hall–Kier alpha value is -2.81. The molecule has 0 bridgehead atoms. The molecule has 1 aromatic heterocycles. The highest BCUT2D eigenvalue weighted by atomic mass is 16.5. The van der Waals surface area contributed by atoms with Crippen molar-refractivity contribution in [2.24, 2.45) is 0 Å². The van der Waals surface area contributed by atoms with E-state index in [9.17, 15) is 0 Å². The highest BCUT2D eigenvalue weighted by Crippen LogP contribution is 2.31. The van der Waals surface area contributed by atoms with Gasteiger partial charge in [-0.15, -0.1) is 0 Å². The van der Waals surface area contributed by atoms with Crippen molar-refractivity contribution < 1.29 is 4.74 Å². The first-order chi connectivity index (χ1) is 12.7. The number of benzene rings is 2. The monoisotopic (exact) mass is 346 g/mol. The fourth-order valence-electron chi connectivity index (χ4n) is 3.15. The molecule has 26 heavy (non-hydrogen) atoms. The Kier molecular flexibility index (Phi) is 5.90. The largest absolute Gasteiger partial charge is 0.494 e. The van der Waals surface area contributed by atoms with Crippen molar-refractivity contribution >= 4 is 5.69 Å². The molecule has 0 aliphatic heterocycles. The summed E-state index contributed by atoms with van der Waals surface area (Å²) >= 11 is 0. The van der Waals surface area contributed by atoms with Crippen molar-refractivity contribution in [3.63, 3.8) is 0 Å². The summed E-state index contributed by atoms with van der Waals surface area (Å²) in [4.78, 5) is 4.11. The second kappa shape index (κ2) is 8.52. The molecule has 0 saturated heterocycles. The molecule has 1 atom stereocenters. The van der Waals surface area contributed by atoms with Gasteiger partial charge in [0.05, 0.1) is 12.1 Å². The fourth-order valence-corrected chi connectivity index (χ4v) is 3.15. The lowest BCUT2D eigenvalue weighted by Gasteiger charge is -2.33. The molecule has 0 amide bonds. The molecule has 134 valence electrons. The van der Waals surface area contributed by atoms with Gasteiger partial charge in [0.1, 0.15) is 5.75 Å². The quantitative estimate of drug-likeness (QED) is 0.590. The zero-order chi connectivity index (χ0) is 18.2. The molecule has 3 aromatic rings. The van der Waals surface area contributed by atoms with Crippen LogP contribution in [0.5, 0.6) is 5.75 Å². The van der Waals surface area contributed by atoms with Crippen molar-refractivity contribution in [1.29, 1.82) is 0 Å². The second-order valence-corrected chi connectivity index (χ2v) is 6.64. The van der Waals surface area contributed by atoms with Crippen LogP contribution in [0.15, 0.2) is 79.1 Å². The Labute approximate surface area is 156 Å². The molecule has 0 radical (unpaired) electrons. The maximum atomic E-state index is 5.55. The van der Waals surface area contributed by atoms with Crippen molar-refractivity contribution in [2.75, 3.05) is 11.9 Å². The molecule has 2 aromatic carbocycles. The van der Waals surface area contributed by atoms with Crippen LogP contribution in [-0.4, -0.2) is 11.6 Å². The molecule has 3 nitrogen and oxygen atoms in total. The zero-order valence-corrected chi connectivity index (χ0v) is 15.5. The predicted molar refractivity (Wildman–Crippen MR) is 108 cm³/mol. The Balaban J connectivity index is 1.80. The highest BCUT2D eigenvalue weighted by Gasteiger charge is 2.26. The maximum Gasteiger partial charge on any atom is 0.119 e. The molecule has 0 saturated carbocycles. The SMILES string of the molecule is CCOc1ccc(N[C@](C)(CCc2ccncc2)c2ccccc2)cc1. The third-order valence-corrected chi connectivity index (χ3v) is 4.66. The topological polar surface area (TPSA) is 34.1 Å². The third kappa shape index (κ3) is 4.63. The molecule has 0 unspecified atom stereocenters. The summed E-state index contributed by atoms with van der Waals surface area (Å²) in [6.07, 6.45) is 5.68. The van der Waals surface area contributed by atoms with Gasteiger partial charge in [-0.1, -0.05) is 30.3 Å². The smallest absolute Gasteiger partial charge is 0.119 e. The van der Waals surface area contributed by atoms with Crippen LogP contribution >= 0.6 is 0 Å². The first-order valence-corrected chi connectivity index (χ1v) is 9.15. The van der Waals surface area contributed by atoms with E-state index in [1.165, 1.54) is 11.1 Å². The molecule has 0 spiro atoms. The van der Waals surface area contributed by atoms with Gasteiger partial charge in [0, 0.05) is 18.1 Å². The normalized spacial score (nSPS) is 13.0. The van der Waals surface area contributed by atoms with Crippen LogP contribution in [0.4, 0.5) is 5.69 Å². The number of anilines is 1. The lowest BCUT2D eigenvalue weighted by atomic mass is 9.85. The van der Waals surface area contributed by atoms with Gasteiger partial charge in [0.2, 0.25) is 0 Å². The molecular weight excluding hydrogens is 320 g/mol. The van der Waals surface area contributed by atoms with E-state index in [1.54, 1.807) is 0 Å². The molecule has 0 aliphatic rings. The number of hydrogen-bond donors (Lipinski definition) is 1. The first-order valence-electron chi connectivity index (χ1n) is 9.15. The van der Waals surface area contributed by atoms with Gasteiger partial charge < -0.3 is 10.1 Å². The maximum absolute atomic E-state index is 5.55. The van der Waals surface area contributed by atoms with E-state index >= 15 is 0 Å². The fraction of sp³-hybridized carbons (Fsp3) is 0.261. The van der Waals surface area contributed by atoms with E-state index in [1.807, 2.05) is 31.5 Å². The van der Waals surface area contributed by atoms with E-state index in [0.29, 0.717) is 6.61 Å². The first kappa shape index (κ1) is 18.0. The standard InChI is InChI=1S/C23H26N2O/c1-3-26-22-11-9-21(10-12-22)25-23(2,20-7-5-4-6-8-20)16-13-19-14-17-24-18-15-19/h4-12,14-15,17-18,25H,3,13,16H2,1-2H3/t23-/m1/s1. The lowest BCUT2D eigenvalue weighted by molar-refractivity contribution is 0.340. The summed E-state index contributed by atoms with van der Waals surface area (Å²) in [6, 6.07) is 23.0. The number of aryl methyl sites for hydroxylation is 1. The average molecular weight is 346 g/mol. The zero-order valence-electron chi connectivity index (χ0n) is 15.5. The van der Waals surface area contributed by atoms with Crippen molar-refractivity contribution in [2.45, 2.75) is 32.2 Å². The van der Waals surface area contributed by atoms with Crippen LogP contribution < -0.4 is 10.1 Å². The van der Waals surface area contributed by atoms with E-state index in [0.717, 1.165) is 24.3 Å². The van der Waals surface area contributed by atoms with E-state index in [-0.39, 0.29) is 5.54 Å². The average Bonchev–Trinajstić information content (AvgIpc) is 2.70. The van der Waals surface area contributed by atoms with Gasteiger partial charge in [-0.05, 0) is 74.2 Å². The Bertz CT molecular complexity index is 787. The summed E-state index contributed by atoms with van der Waals surface area (Å²) in [7, 11) is 0. The highest BCUT2D eigenvalue weighted by molar-refractivity contribution is 5.50. The van der Waals surface area contributed by atoms with Crippen molar-refractivity contribution in [3.8, 4) is 5.75 Å².